The van der Waals surface area contributed by atoms with E-state index in [9.17, 15) is 4.79 Å². The lowest BCUT2D eigenvalue weighted by molar-refractivity contribution is -0.118. The van der Waals surface area contributed by atoms with E-state index in [2.05, 4.69) is 9.88 Å². The first-order valence-corrected chi connectivity index (χ1v) is 11.3. The lowest BCUT2D eigenvalue weighted by atomic mass is 10.1. The molecule has 1 N–H and O–H groups in total. The smallest absolute Gasteiger partial charge is 0.230 e. The Hall–Kier alpha value is -3.45. The Morgan fingerprint density at radius 2 is 1.72 bits per heavy atom. The fraction of sp³-hybridized carbons (Fsp3) is 0.200. The molecule has 0 aliphatic carbocycles. The van der Waals surface area contributed by atoms with Gasteiger partial charge in [-0.05, 0) is 48.4 Å². The molecule has 0 saturated heterocycles. The van der Waals surface area contributed by atoms with Gasteiger partial charge in [-0.15, -0.1) is 0 Å². The first-order chi connectivity index (χ1) is 15.7. The standard InChI is InChI=1S/C25H25N3O3S/c1-30-22-13-12-18(16-23(22)31-2)14-15-26-24(29)17-32-25-27-20-10-6-7-11-21(20)28(25)19-8-4-3-5-9-19/h3-13,16H,14-15,17H2,1-2H3,(H,26,29). The number of rotatable bonds is 9. The van der Waals surface area contributed by atoms with Crippen molar-refractivity contribution < 1.29 is 14.3 Å². The van der Waals surface area contributed by atoms with Gasteiger partial charge in [-0.25, -0.2) is 4.98 Å². The number of thioether (sulfide) groups is 1. The van der Waals surface area contributed by atoms with Crippen LogP contribution in [-0.4, -0.2) is 42.0 Å². The zero-order valence-electron chi connectivity index (χ0n) is 18.1. The molecule has 4 rings (SSSR count). The average Bonchev–Trinajstić information content (AvgIpc) is 3.21. The monoisotopic (exact) mass is 447 g/mol. The van der Waals surface area contributed by atoms with Crippen LogP contribution in [-0.2, 0) is 11.2 Å². The van der Waals surface area contributed by atoms with Crippen molar-refractivity contribution in [1.82, 2.24) is 14.9 Å². The SMILES string of the molecule is COc1ccc(CCNC(=O)CSc2nc3ccccc3n2-c2ccccc2)cc1OC. The summed E-state index contributed by atoms with van der Waals surface area (Å²) in [4.78, 5) is 17.2. The van der Waals surface area contributed by atoms with E-state index in [1.807, 2.05) is 72.8 Å². The molecule has 164 valence electrons. The minimum Gasteiger partial charge on any atom is -0.493 e. The normalized spacial score (nSPS) is 10.8. The summed E-state index contributed by atoms with van der Waals surface area (Å²) >= 11 is 1.44. The van der Waals surface area contributed by atoms with Gasteiger partial charge in [-0.3, -0.25) is 9.36 Å². The molecule has 7 heteroatoms. The van der Waals surface area contributed by atoms with E-state index < -0.39 is 0 Å². The summed E-state index contributed by atoms with van der Waals surface area (Å²) in [6.45, 7) is 0.546. The van der Waals surface area contributed by atoms with Crippen LogP contribution in [0.1, 0.15) is 5.56 Å². The molecule has 0 unspecified atom stereocenters. The van der Waals surface area contributed by atoms with Gasteiger partial charge in [0.05, 0.1) is 31.0 Å². The lowest BCUT2D eigenvalue weighted by Crippen LogP contribution is -2.27. The van der Waals surface area contributed by atoms with Crippen molar-refractivity contribution in [2.45, 2.75) is 11.6 Å². The van der Waals surface area contributed by atoms with Crippen molar-refractivity contribution in [3.63, 3.8) is 0 Å². The van der Waals surface area contributed by atoms with Crippen LogP contribution in [0.3, 0.4) is 0 Å². The first kappa shape index (κ1) is 21.8. The van der Waals surface area contributed by atoms with Crippen molar-refractivity contribution >= 4 is 28.7 Å². The minimum atomic E-state index is -0.0258. The second kappa shape index (κ2) is 10.2. The lowest BCUT2D eigenvalue weighted by Gasteiger charge is -2.10. The molecule has 0 fully saturated rings. The number of carbonyl (C=O) groups is 1. The number of methoxy groups -OCH3 is 2. The van der Waals surface area contributed by atoms with Crippen LogP contribution in [0.5, 0.6) is 11.5 Å². The van der Waals surface area contributed by atoms with E-state index in [0.29, 0.717) is 30.2 Å². The minimum absolute atomic E-state index is 0.0258. The molecule has 1 amide bonds. The van der Waals surface area contributed by atoms with Crippen LogP contribution < -0.4 is 14.8 Å². The molecule has 0 radical (unpaired) electrons. The van der Waals surface area contributed by atoms with E-state index in [0.717, 1.165) is 27.4 Å². The molecule has 3 aromatic carbocycles. The highest BCUT2D eigenvalue weighted by molar-refractivity contribution is 7.99. The van der Waals surface area contributed by atoms with E-state index in [1.165, 1.54) is 11.8 Å². The van der Waals surface area contributed by atoms with Crippen LogP contribution in [0.4, 0.5) is 0 Å². The van der Waals surface area contributed by atoms with Crippen molar-refractivity contribution in [2.24, 2.45) is 0 Å². The highest BCUT2D eigenvalue weighted by Crippen LogP contribution is 2.28. The Morgan fingerprint density at radius 1 is 0.969 bits per heavy atom. The Balaban J connectivity index is 1.38. The Bertz CT molecular complexity index is 1210. The predicted octanol–water partition coefficient (Wildman–Crippen LogP) is 4.49. The maximum Gasteiger partial charge on any atom is 0.230 e. The largest absolute Gasteiger partial charge is 0.493 e. The third-order valence-corrected chi connectivity index (χ3v) is 6.00. The van der Waals surface area contributed by atoms with Gasteiger partial charge in [-0.2, -0.15) is 0 Å². The van der Waals surface area contributed by atoms with E-state index in [1.54, 1.807) is 14.2 Å². The van der Waals surface area contributed by atoms with Gasteiger partial charge in [0.15, 0.2) is 16.7 Å². The number of carbonyl (C=O) groups excluding carboxylic acids is 1. The summed E-state index contributed by atoms with van der Waals surface area (Å²) in [6.07, 6.45) is 0.708. The molecule has 32 heavy (non-hydrogen) atoms. The number of nitrogens with one attached hydrogen (secondary N) is 1. The predicted molar refractivity (Wildman–Crippen MR) is 128 cm³/mol. The molecule has 1 aromatic heterocycles. The molecule has 0 saturated carbocycles. The number of amides is 1. The van der Waals surface area contributed by atoms with Crippen LogP contribution >= 0.6 is 11.8 Å². The fourth-order valence-electron chi connectivity index (χ4n) is 3.49. The van der Waals surface area contributed by atoms with Crippen molar-refractivity contribution in [2.75, 3.05) is 26.5 Å². The number of imidazole rings is 1. The number of hydrogen-bond acceptors (Lipinski definition) is 5. The van der Waals surface area contributed by atoms with Gasteiger partial charge in [0, 0.05) is 12.2 Å². The number of para-hydroxylation sites is 3. The molecule has 0 spiro atoms. The molecule has 0 bridgehead atoms. The summed E-state index contributed by atoms with van der Waals surface area (Å²) in [7, 11) is 3.23. The maximum absolute atomic E-state index is 12.5. The van der Waals surface area contributed by atoms with Crippen LogP contribution in [0.15, 0.2) is 78.0 Å². The number of benzene rings is 3. The molecule has 6 nitrogen and oxygen atoms in total. The Kier molecular flexibility index (Phi) is 6.97. The summed E-state index contributed by atoms with van der Waals surface area (Å²) < 4.78 is 12.7. The maximum atomic E-state index is 12.5. The van der Waals surface area contributed by atoms with Gasteiger partial charge in [0.1, 0.15) is 0 Å². The van der Waals surface area contributed by atoms with Gasteiger partial charge < -0.3 is 14.8 Å². The number of aromatic nitrogens is 2. The van der Waals surface area contributed by atoms with Gasteiger partial charge in [-0.1, -0.05) is 48.2 Å². The highest BCUT2D eigenvalue weighted by atomic mass is 32.2. The number of fused-ring (bicyclic) bond motifs is 1. The molecular weight excluding hydrogens is 422 g/mol. The van der Waals surface area contributed by atoms with Gasteiger partial charge in [0.25, 0.3) is 0 Å². The summed E-state index contributed by atoms with van der Waals surface area (Å²) in [5, 5.41) is 3.79. The van der Waals surface area contributed by atoms with Crippen molar-refractivity contribution in [1.29, 1.82) is 0 Å². The quantitative estimate of drug-likeness (QED) is 0.383. The zero-order valence-corrected chi connectivity index (χ0v) is 18.9. The summed E-state index contributed by atoms with van der Waals surface area (Å²) in [5.74, 6) is 1.65. The zero-order chi connectivity index (χ0) is 22.3. The highest BCUT2D eigenvalue weighted by Gasteiger charge is 2.14. The first-order valence-electron chi connectivity index (χ1n) is 10.3. The number of hydrogen-bond donors (Lipinski definition) is 1. The second-order valence-electron chi connectivity index (χ2n) is 7.13. The average molecular weight is 448 g/mol. The molecule has 1 heterocycles. The Morgan fingerprint density at radius 3 is 2.50 bits per heavy atom. The third-order valence-electron chi connectivity index (χ3n) is 5.06. The van der Waals surface area contributed by atoms with Crippen molar-refractivity contribution in [3.8, 4) is 17.2 Å². The summed E-state index contributed by atoms with van der Waals surface area (Å²) in [6, 6.07) is 23.9. The second-order valence-corrected chi connectivity index (χ2v) is 8.07. The molecule has 0 aliphatic rings. The third kappa shape index (κ3) is 4.89. The van der Waals surface area contributed by atoms with E-state index in [-0.39, 0.29) is 5.91 Å². The molecule has 0 atom stereocenters. The molecule has 0 aliphatic heterocycles. The van der Waals surface area contributed by atoms with Gasteiger partial charge >= 0.3 is 0 Å². The Labute approximate surface area is 191 Å². The topological polar surface area (TPSA) is 65.4 Å². The summed E-state index contributed by atoms with van der Waals surface area (Å²) in [5.41, 5.74) is 4.03. The molecular formula is C25H25N3O3S. The van der Waals surface area contributed by atoms with Gasteiger partial charge in [0.2, 0.25) is 5.91 Å². The van der Waals surface area contributed by atoms with Crippen LogP contribution in [0.2, 0.25) is 0 Å². The number of nitrogens with zero attached hydrogens (tertiary/aromatic N) is 2. The fourth-order valence-corrected chi connectivity index (χ4v) is 4.35. The van der Waals surface area contributed by atoms with Crippen LogP contribution in [0.25, 0.3) is 16.7 Å². The van der Waals surface area contributed by atoms with E-state index in [4.69, 9.17) is 14.5 Å². The van der Waals surface area contributed by atoms with Crippen LogP contribution in [0, 0.1) is 0 Å². The van der Waals surface area contributed by atoms with E-state index >= 15 is 0 Å². The molecule has 4 aromatic rings. The van der Waals surface area contributed by atoms with Crippen molar-refractivity contribution in [3.05, 3.63) is 78.4 Å². The number of ether oxygens (including phenoxy) is 2.